The average Bonchev–Trinajstić information content (AvgIpc) is 2.74. The Morgan fingerprint density at radius 1 is 1.10 bits per heavy atom. The van der Waals surface area contributed by atoms with E-state index in [1.807, 2.05) is 30.3 Å². The second kappa shape index (κ2) is 9.41. The van der Waals surface area contributed by atoms with Crippen molar-refractivity contribution in [3.05, 3.63) is 54.6 Å². The molecule has 0 aromatic heterocycles. The van der Waals surface area contributed by atoms with Gasteiger partial charge in [0.05, 0.1) is 12.0 Å². The molecule has 2 aromatic carbocycles. The minimum Gasteiger partial charge on any atom is -0.497 e. The third-order valence-corrected chi connectivity index (χ3v) is 7.46. The van der Waals surface area contributed by atoms with Crippen molar-refractivity contribution >= 4 is 21.6 Å². The normalized spacial score (nSPS) is 20.2. The molecule has 0 spiro atoms. The number of para-hydroxylation sites is 1. The van der Waals surface area contributed by atoms with Gasteiger partial charge in [0.15, 0.2) is 0 Å². The molecule has 6 nitrogen and oxygen atoms in total. The predicted molar refractivity (Wildman–Crippen MR) is 113 cm³/mol. The van der Waals surface area contributed by atoms with Gasteiger partial charge in [-0.1, -0.05) is 31.5 Å². The Morgan fingerprint density at radius 2 is 1.79 bits per heavy atom. The largest absolute Gasteiger partial charge is 0.497 e. The van der Waals surface area contributed by atoms with Crippen LogP contribution in [-0.2, 0) is 14.8 Å². The summed E-state index contributed by atoms with van der Waals surface area (Å²) in [5.74, 6) is 0.925. The summed E-state index contributed by atoms with van der Waals surface area (Å²) in [6.07, 6.45) is 1.91. The number of piperidine rings is 1. The Bertz CT molecular complexity index is 914. The Kier molecular flexibility index (Phi) is 6.92. The van der Waals surface area contributed by atoms with Gasteiger partial charge in [0.25, 0.3) is 0 Å². The van der Waals surface area contributed by atoms with Crippen molar-refractivity contribution < 1.29 is 17.9 Å². The summed E-state index contributed by atoms with van der Waals surface area (Å²) < 4.78 is 32.7. The number of carbonyl (C=O) groups excluding carboxylic acids is 1. The van der Waals surface area contributed by atoms with Gasteiger partial charge in [-0.05, 0) is 54.7 Å². The molecule has 29 heavy (non-hydrogen) atoms. The van der Waals surface area contributed by atoms with Crippen molar-refractivity contribution in [2.45, 2.75) is 31.1 Å². The van der Waals surface area contributed by atoms with E-state index >= 15 is 0 Å². The first-order valence-electron chi connectivity index (χ1n) is 9.93. The van der Waals surface area contributed by atoms with E-state index in [0.717, 1.165) is 12.1 Å². The van der Waals surface area contributed by atoms with Gasteiger partial charge in [-0.2, -0.15) is 4.31 Å². The van der Waals surface area contributed by atoms with E-state index in [9.17, 15) is 13.2 Å². The fourth-order valence-corrected chi connectivity index (χ4v) is 5.38. The number of ether oxygens (including phenoxy) is 1. The molecule has 0 radical (unpaired) electrons. The number of hydrogen-bond donors (Lipinski definition) is 1. The maximum absolute atomic E-state index is 13.0. The van der Waals surface area contributed by atoms with Crippen LogP contribution in [0.1, 0.15) is 26.2 Å². The van der Waals surface area contributed by atoms with Crippen LogP contribution in [0.4, 0.5) is 5.69 Å². The van der Waals surface area contributed by atoms with E-state index in [4.69, 9.17) is 4.74 Å². The number of methoxy groups -OCH3 is 1. The number of amides is 1. The first-order valence-corrected chi connectivity index (χ1v) is 11.4. The van der Waals surface area contributed by atoms with Crippen LogP contribution >= 0.6 is 0 Å². The highest BCUT2D eigenvalue weighted by Crippen LogP contribution is 2.32. The molecule has 3 rings (SSSR count). The van der Waals surface area contributed by atoms with Gasteiger partial charge in [0.2, 0.25) is 15.9 Å². The number of anilines is 1. The number of sulfonamides is 1. The minimum atomic E-state index is -3.55. The van der Waals surface area contributed by atoms with E-state index < -0.39 is 10.0 Å². The quantitative estimate of drug-likeness (QED) is 0.746. The molecule has 1 N–H and O–H groups in total. The smallest absolute Gasteiger partial charge is 0.243 e. The Balaban J connectivity index is 1.64. The van der Waals surface area contributed by atoms with Crippen LogP contribution in [0.25, 0.3) is 0 Å². The van der Waals surface area contributed by atoms with Gasteiger partial charge in [0.1, 0.15) is 5.75 Å². The van der Waals surface area contributed by atoms with Crippen LogP contribution in [0.3, 0.4) is 0 Å². The summed E-state index contributed by atoms with van der Waals surface area (Å²) in [6.45, 7) is 2.92. The van der Waals surface area contributed by atoms with Crippen LogP contribution in [0.5, 0.6) is 5.75 Å². The van der Waals surface area contributed by atoms with Gasteiger partial charge in [-0.3, -0.25) is 4.79 Å². The first kappa shape index (κ1) is 21.3. The van der Waals surface area contributed by atoms with E-state index in [1.165, 1.54) is 0 Å². The number of hydrogen-bond acceptors (Lipinski definition) is 4. The van der Waals surface area contributed by atoms with Crippen molar-refractivity contribution in [3.8, 4) is 5.75 Å². The molecular weight excluding hydrogens is 388 g/mol. The Labute approximate surface area is 172 Å². The fraction of sp³-hybridized carbons (Fsp3) is 0.409. The lowest BCUT2D eigenvalue weighted by Gasteiger charge is -2.37. The highest BCUT2D eigenvalue weighted by atomic mass is 32.2. The third kappa shape index (κ3) is 5.16. The minimum absolute atomic E-state index is 0.0221. The molecule has 2 atom stereocenters. The van der Waals surface area contributed by atoms with Crippen LogP contribution in [0.2, 0.25) is 0 Å². The summed E-state index contributed by atoms with van der Waals surface area (Å²) in [6, 6.07) is 15.9. The van der Waals surface area contributed by atoms with Crippen LogP contribution < -0.4 is 10.1 Å². The zero-order valence-electron chi connectivity index (χ0n) is 16.9. The van der Waals surface area contributed by atoms with Gasteiger partial charge in [-0.15, -0.1) is 0 Å². The monoisotopic (exact) mass is 416 g/mol. The number of nitrogens with one attached hydrogen (secondary N) is 1. The third-order valence-electron chi connectivity index (χ3n) is 5.58. The van der Waals surface area contributed by atoms with Gasteiger partial charge in [-0.25, -0.2) is 8.42 Å². The first-order chi connectivity index (χ1) is 13.9. The molecule has 156 valence electrons. The highest BCUT2D eigenvalue weighted by Gasteiger charge is 2.35. The molecule has 1 aliphatic rings. The second-order valence-corrected chi connectivity index (χ2v) is 9.31. The second-order valence-electron chi connectivity index (χ2n) is 7.37. The zero-order chi connectivity index (χ0) is 20.9. The number of nitrogens with zero attached hydrogens (tertiary/aromatic N) is 1. The molecule has 0 saturated carbocycles. The Hall–Kier alpha value is -2.38. The van der Waals surface area contributed by atoms with E-state index in [1.54, 1.807) is 35.7 Å². The Morgan fingerprint density at radius 3 is 2.41 bits per heavy atom. The standard InChI is InChI=1S/C22H28N2O4S/c1-3-17-16-24(29(26,27)21-11-9-20(28-2)10-12-21)14-13-18(17)15-22(25)23-19-7-5-4-6-8-19/h4-12,17-18H,3,13-16H2,1-2H3,(H,23,25). The SMILES string of the molecule is CCC1CN(S(=O)(=O)c2ccc(OC)cc2)CCC1CC(=O)Nc1ccccc1. The molecule has 2 aromatic rings. The summed E-state index contributed by atoms with van der Waals surface area (Å²) in [5.41, 5.74) is 0.782. The van der Waals surface area contributed by atoms with E-state index in [0.29, 0.717) is 31.7 Å². The maximum Gasteiger partial charge on any atom is 0.243 e. The lowest BCUT2D eigenvalue weighted by atomic mass is 9.82. The summed E-state index contributed by atoms with van der Waals surface area (Å²) in [7, 11) is -2.00. The lowest BCUT2D eigenvalue weighted by molar-refractivity contribution is -0.117. The van der Waals surface area contributed by atoms with Crippen LogP contribution in [-0.4, -0.2) is 38.8 Å². The fourth-order valence-electron chi connectivity index (χ4n) is 3.87. The number of benzene rings is 2. The van der Waals surface area contributed by atoms with Gasteiger partial charge < -0.3 is 10.1 Å². The molecule has 0 bridgehead atoms. The van der Waals surface area contributed by atoms with E-state index in [2.05, 4.69) is 12.2 Å². The van der Waals surface area contributed by atoms with E-state index in [-0.39, 0.29) is 22.6 Å². The molecule has 7 heteroatoms. The van der Waals surface area contributed by atoms with Crippen molar-refractivity contribution in [2.75, 3.05) is 25.5 Å². The number of carbonyl (C=O) groups is 1. The maximum atomic E-state index is 13.0. The average molecular weight is 417 g/mol. The van der Waals surface area contributed by atoms with Crippen LogP contribution in [0.15, 0.2) is 59.5 Å². The van der Waals surface area contributed by atoms with Crippen molar-refractivity contribution in [1.29, 1.82) is 0 Å². The van der Waals surface area contributed by atoms with Crippen molar-refractivity contribution in [2.24, 2.45) is 11.8 Å². The molecule has 1 aliphatic heterocycles. The zero-order valence-corrected chi connectivity index (χ0v) is 17.7. The molecule has 1 saturated heterocycles. The van der Waals surface area contributed by atoms with Crippen molar-refractivity contribution in [3.63, 3.8) is 0 Å². The van der Waals surface area contributed by atoms with Crippen molar-refractivity contribution in [1.82, 2.24) is 4.31 Å². The molecular formula is C22H28N2O4S. The molecule has 1 amide bonds. The topological polar surface area (TPSA) is 75.7 Å². The van der Waals surface area contributed by atoms with Gasteiger partial charge >= 0.3 is 0 Å². The van der Waals surface area contributed by atoms with Crippen LogP contribution in [0, 0.1) is 11.8 Å². The molecule has 1 heterocycles. The lowest BCUT2D eigenvalue weighted by Crippen LogP contribution is -2.44. The summed E-state index contributed by atoms with van der Waals surface area (Å²) in [5, 5.41) is 2.93. The van der Waals surface area contributed by atoms with Gasteiger partial charge in [0, 0.05) is 25.2 Å². The highest BCUT2D eigenvalue weighted by molar-refractivity contribution is 7.89. The summed E-state index contributed by atoms with van der Waals surface area (Å²) in [4.78, 5) is 12.7. The predicted octanol–water partition coefficient (Wildman–Crippen LogP) is 3.76. The molecule has 1 fully saturated rings. The molecule has 2 unspecified atom stereocenters. The summed E-state index contributed by atoms with van der Waals surface area (Å²) >= 11 is 0. The molecule has 0 aliphatic carbocycles. The number of rotatable bonds is 7.